The SMILES string of the molecule is CSc1ccc(/C(=C\C2CCN(C(C)=O)CC2)c2ccc(C3CC3)c(=O)[nH]2)cc1. The van der Waals surface area contributed by atoms with E-state index in [9.17, 15) is 9.59 Å². The Labute approximate surface area is 176 Å². The van der Waals surface area contributed by atoms with E-state index in [1.807, 2.05) is 11.0 Å². The number of aromatic amines is 1. The quantitative estimate of drug-likeness (QED) is 0.732. The molecule has 4 rings (SSSR count). The van der Waals surface area contributed by atoms with Crippen LogP contribution >= 0.6 is 11.8 Å². The molecule has 152 valence electrons. The number of allylic oxidation sites excluding steroid dienone is 1. The van der Waals surface area contributed by atoms with Crippen LogP contribution in [0.4, 0.5) is 0 Å². The molecule has 1 amide bonds. The van der Waals surface area contributed by atoms with Crippen molar-refractivity contribution in [3.8, 4) is 0 Å². The number of H-pyrrole nitrogens is 1. The normalized spacial score (nSPS) is 18.1. The molecule has 0 spiro atoms. The second kappa shape index (κ2) is 8.62. The van der Waals surface area contributed by atoms with Gasteiger partial charge >= 0.3 is 0 Å². The molecule has 1 aliphatic carbocycles. The highest BCUT2D eigenvalue weighted by molar-refractivity contribution is 7.98. The van der Waals surface area contributed by atoms with Crippen molar-refractivity contribution in [3.63, 3.8) is 0 Å². The first-order chi connectivity index (χ1) is 14.0. The number of amides is 1. The summed E-state index contributed by atoms with van der Waals surface area (Å²) >= 11 is 1.72. The molecule has 1 aromatic carbocycles. The maximum Gasteiger partial charge on any atom is 0.251 e. The molecule has 2 heterocycles. The third kappa shape index (κ3) is 4.67. The number of pyridine rings is 1. The molecule has 0 bridgehead atoms. The van der Waals surface area contributed by atoms with E-state index in [0.717, 1.165) is 61.2 Å². The number of carbonyl (C=O) groups is 1. The van der Waals surface area contributed by atoms with Gasteiger partial charge in [0.15, 0.2) is 0 Å². The zero-order valence-electron chi connectivity index (χ0n) is 17.1. The Morgan fingerprint density at radius 2 is 1.76 bits per heavy atom. The third-order valence-corrected chi connectivity index (χ3v) is 6.78. The zero-order valence-corrected chi connectivity index (χ0v) is 17.9. The van der Waals surface area contributed by atoms with Crippen molar-refractivity contribution in [3.05, 3.63) is 69.6 Å². The lowest BCUT2D eigenvalue weighted by molar-refractivity contribution is -0.129. The highest BCUT2D eigenvalue weighted by atomic mass is 32.2. The molecule has 1 saturated heterocycles. The molecule has 1 N–H and O–H groups in total. The van der Waals surface area contributed by atoms with Crippen LogP contribution in [0.15, 0.2) is 52.2 Å². The zero-order chi connectivity index (χ0) is 20.4. The molecular weight excluding hydrogens is 380 g/mol. The Morgan fingerprint density at radius 3 is 2.31 bits per heavy atom. The van der Waals surface area contributed by atoms with Crippen LogP contribution in [0.1, 0.15) is 55.3 Å². The Morgan fingerprint density at radius 1 is 1.07 bits per heavy atom. The van der Waals surface area contributed by atoms with Crippen molar-refractivity contribution in [2.75, 3.05) is 19.3 Å². The number of rotatable bonds is 5. The Hall–Kier alpha value is -2.27. The lowest BCUT2D eigenvalue weighted by Gasteiger charge is -2.30. The number of hydrogen-bond acceptors (Lipinski definition) is 3. The minimum Gasteiger partial charge on any atom is -0.343 e. The largest absolute Gasteiger partial charge is 0.343 e. The van der Waals surface area contributed by atoms with Crippen LogP contribution in [0.2, 0.25) is 0 Å². The third-order valence-electron chi connectivity index (χ3n) is 6.04. The first-order valence-corrected chi connectivity index (χ1v) is 11.6. The van der Waals surface area contributed by atoms with Gasteiger partial charge in [0, 0.05) is 41.7 Å². The number of piperidine rings is 1. The first-order valence-electron chi connectivity index (χ1n) is 10.4. The fraction of sp³-hybridized carbons (Fsp3) is 0.417. The van der Waals surface area contributed by atoms with Crippen molar-refractivity contribution in [2.45, 2.75) is 43.4 Å². The van der Waals surface area contributed by atoms with E-state index in [4.69, 9.17) is 0 Å². The van der Waals surface area contributed by atoms with Crippen LogP contribution in [0.5, 0.6) is 0 Å². The molecular formula is C24H28N2O2S. The highest BCUT2D eigenvalue weighted by Crippen LogP contribution is 2.38. The van der Waals surface area contributed by atoms with Crippen molar-refractivity contribution >= 4 is 23.2 Å². The standard InChI is InChI=1S/C24H28N2O2S/c1-16(27)26-13-11-17(12-14-26)15-22(19-5-7-20(29-2)8-6-19)23-10-9-21(18-3-4-18)24(28)25-23/h5-10,15,17-18H,3-4,11-14H2,1-2H3,(H,25,28)/b22-15+. The Kier molecular flexibility index (Phi) is 5.95. The fourth-order valence-electron chi connectivity index (χ4n) is 4.09. The second-order valence-corrected chi connectivity index (χ2v) is 8.96. The minimum absolute atomic E-state index is 0.0445. The summed E-state index contributed by atoms with van der Waals surface area (Å²) in [6.45, 7) is 3.24. The first kappa shape index (κ1) is 20.0. The number of carbonyl (C=O) groups excluding carboxylic acids is 1. The van der Waals surface area contributed by atoms with Gasteiger partial charge in [0.05, 0.1) is 0 Å². The monoisotopic (exact) mass is 408 g/mol. The molecule has 5 heteroatoms. The van der Waals surface area contributed by atoms with E-state index in [-0.39, 0.29) is 11.5 Å². The van der Waals surface area contributed by atoms with Gasteiger partial charge < -0.3 is 9.88 Å². The molecule has 2 aliphatic rings. The summed E-state index contributed by atoms with van der Waals surface area (Å²) in [4.78, 5) is 30.6. The molecule has 4 nitrogen and oxygen atoms in total. The van der Waals surface area contributed by atoms with Gasteiger partial charge in [-0.3, -0.25) is 9.59 Å². The van der Waals surface area contributed by atoms with E-state index < -0.39 is 0 Å². The van der Waals surface area contributed by atoms with Crippen molar-refractivity contribution in [1.82, 2.24) is 9.88 Å². The number of likely N-dealkylation sites (tertiary alicyclic amines) is 1. The van der Waals surface area contributed by atoms with Crippen LogP contribution < -0.4 is 5.56 Å². The van der Waals surface area contributed by atoms with E-state index in [1.165, 1.54) is 4.90 Å². The number of thioether (sulfide) groups is 1. The van der Waals surface area contributed by atoms with Crippen LogP contribution in [0.25, 0.3) is 5.57 Å². The van der Waals surface area contributed by atoms with E-state index in [0.29, 0.717) is 11.8 Å². The van der Waals surface area contributed by atoms with Crippen LogP contribution in [0, 0.1) is 5.92 Å². The van der Waals surface area contributed by atoms with Gasteiger partial charge in [-0.15, -0.1) is 11.8 Å². The summed E-state index contributed by atoms with van der Waals surface area (Å²) in [5.41, 5.74) is 4.04. The predicted octanol–water partition coefficient (Wildman–Crippen LogP) is 4.66. The molecule has 1 aromatic heterocycles. The van der Waals surface area contributed by atoms with Gasteiger partial charge in [0.1, 0.15) is 0 Å². The number of benzene rings is 1. The summed E-state index contributed by atoms with van der Waals surface area (Å²) in [5.74, 6) is 0.990. The molecule has 2 fully saturated rings. The van der Waals surface area contributed by atoms with Gasteiger partial charge in [-0.2, -0.15) is 0 Å². The number of hydrogen-bond donors (Lipinski definition) is 1. The molecule has 0 unspecified atom stereocenters. The van der Waals surface area contributed by atoms with Gasteiger partial charge in [-0.25, -0.2) is 0 Å². The molecule has 2 aromatic rings. The lowest BCUT2D eigenvalue weighted by Crippen LogP contribution is -2.36. The van der Waals surface area contributed by atoms with Crippen molar-refractivity contribution in [2.24, 2.45) is 5.92 Å². The minimum atomic E-state index is 0.0445. The number of aromatic nitrogens is 1. The maximum atomic E-state index is 12.6. The second-order valence-electron chi connectivity index (χ2n) is 8.08. The predicted molar refractivity (Wildman–Crippen MR) is 119 cm³/mol. The topological polar surface area (TPSA) is 53.2 Å². The van der Waals surface area contributed by atoms with Gasteiger partial charge in [-0.1, -0.05) is 24.3 Å². The fourth-order valence-corrected chi connectivity index (χ4v) is 4.49. The molecule has 0 radical (unpaired) electrons. The highest BCUT2D eigenvalue weighted by Gasteiger charge is 2.26. The molecule has 1 saturated carbocycles. The smallest absolute Gasteiger partial charge is 0.251 e. The number of nitrogens with one attached hydrogen (secondary N) is 1. The van der Waals surface area contributed by atoms with E-state index >= 15 is 0 Å². The molecule has 1 aliphatic heterocycles. The number of nitrogens with zero attached hydrogens (tertiary/aromatic N) is 1. The summed E-state index contributed by atoms with van der Waals surface area (Å²) in [6, 6.07) is 12.6. The molecule has 29 heavy (non-hydrogen) atoms. The van der Waals surface area contributed by atoms with Gasteiger partial charge in [0.25, 0.3) is 5.56 Å². The average Bonchev–Trinajstić information content (AvgIpc) is 3.57. The van der Waals surface area contributed by atoms with Crippen LogP contribution in [-0.4, -0.2) is 35.1 Å². The lowest BCUT2D eigenvalue weighted by atomic mass is 9.90. The average molecular weight is 409 g/mol. The van der Waals surface area contributed by atoms with E-state index in [2.05, 4.69) is 47.6 Å². The van der Waals surface area contributed by atoms with Crippen LogP contribution in [-0.2, 0) is 4.79 Å². The van der Waals surface area contributed by atoms with Crippen molar-refractivity contribution < 1.29 is 4.79 Å². The van der Waals surface area contributed by atoms with E-state index in [1.54, 1.807) is 18.7 Å². The Bertz CT molecular complexity index is 965. The van der Waals surface area contributed by atoms with Gasteiger partial charge in [0.2, 0.25) is 5.91 Å². The maximum absolute atomic E-state index is 12.6. The summed E-state index contributed by atoms with van der Waals surface area (Å²) in [5, 5.41) is 0. The van der Waals surface area contributed by atoms with Crippen LogP contribution in [0.3, 0.4) is 0 Å². The molecule has 0 atom stereocenters. The Balaban J connectivity index is 1.66. The summed E-state index contributed by atoms with van der Waals surface area (Å²) in [6.07, 6.45) is 8.52. The summed E-state index contributed by atoms with van der Waals surface area (Å²) in [7, 11) is 0. The van der Waals surface area contributed by atoms with Crippen molar-refractivity contribution in [1.29, 1.82) is 0 Å². The van der Waals surface area contributed by atoms with Gasteiger partial charge in [-0.05, 0) is 67.5 Å². The summed E-state index contributed by atoms with van der Waals surface area (Å²) < 4.78 is 0.